The molecule has 0 aliphatic carbocycles. The van der Waals surface area contributed by atoms with E-state index in [9.17, 15) is 0 Å². The van der Waals surface area contributed by atoms with E-state index in [2.05, 4.69) is 24.1 Å². The number of halogens is 3. The second kappa shape index (κ2) is 9.69. The Morgan fingerprint density at radius 1 is 1.00 bits per heavy atom. The summed E-state index contributed by atoms with van der Waals surface area (Å²) in [4.78, 5) is 2.36. The van der Waals surface area contributed by atoms with Gasteiger partial charge in [0, 0.05) is 25.7 Å². The molecule has 1 aromatic rings. The lowest BCUT2D eigenvalue weighted by Crippen LogP contribution is -2.33. The molecule has 6 heteroatoms. The molecular formula is C14H21Cl3N2O. The van der Waals surface area contributed by atoms with E-state index in [0.717, 1.165) is 32.7 Å². The summed E-state index contributed by atoms with van der Waals surface area (Å²) in [6.07, 6.45) is 0. The number of ether oxygens (including phenoxy) is 1. The highest BCUT2D eigenvalue weighted by Gasteiger charge is 2.06. The van der Waals surface area contributed by atoms with Gasteiger partial charge in [-0.25, -0.2) is 0 Å². The van der Waals surface area contributed by atoms with Gasteiger partial charge >= 0.3 is 0 Å². The van der Waals surface area contributed by atoms with Crippen molar-refractivity contribution in [3.8, 4) is 5.75 Å². The second-order valence-electron chi connectivity index (χ2n) is 4.32. The van der Waals surface area contributed by atoms with Crippen LogP contribution in [0, 0.1) is 0 Å². The standard InChI is InChI=1S/C14H21Cl3N2O/c1-3-19(4-2)7-5-18-6-8-20-14-10-12(16)11(15)9-13(14)17/h9-10,18H,3-8H2,1-2H3. The number of hydrogen-bond acceptors (Lipinski definition) is 3. The third kappa shape index (κ3) is 6.06. The van der Waals surface area contributed by atoms with Crippen molar-refractivity contribution in [1.82, 2.24) is 10.2 Å². The summed E-state index contributed by atoms with van der Waals surface area (Å²) in [6.45, 7) is 9.77. The van der Waals surface area contributed by atoms with Gasteiger partial charge in [-0.3, -0.25) is 0 Å². The highest BCUT2D eigenvalue weighted by Crippen LogP contribution is 2.33. The van der Waals surface area contributed by atoms with Gasteiger partial charge in [0.1, 0.15) is 12.4 Å². The lowest BCUT2D eigenvalue weighted by Gasteiger charge is -2.18. The lowest BCUT2D eigenvalue weighted by atomic mass is 10.3. The van der Waals surface area contributed by atoms with E-state index in [4.69, 9.17) is 39.5 Å². The Morgan fingerprint density at radius 2 is 1.65 bits per heavy atom. The maximum absolute atomic E-state index is 6.03. The van der Waals surface area contributed by atoms with Crippen LogP contribution in [0.2, 0.25) is 15.1 Å². The maximum Gasteiger partial charge on any atom is 0.139 e. The van der Waals surface area contributed by atoms with Crippen molar-refractivity contribution >= 4 is 34.8 Å². The van der Waals surface area contributed by atoms with Gasteiger partial charge in [0.15, 0.2) is 0 Å². The summed E-state index contributed by atoms with van der Waals surface area (Å²) in [6, 6.07) is 3.23. The number of benzene rings is 1. The van der Waals surface area contributed by atoms with E-state index in [1.165, 1.54) is 0 Å². The first-order valence-electron chi connectivity index (χ1n) is 6.78. The predicted octanol–water partition coefficient (Wildman–Crippen LogP) is 3.96. The van der Waals surface area contributed by atoms with Crippen molar-refractivity contribution in [2.45, 2.75) is 13.8 Å². The molecule has 0 radical (unpaired) electrons. The van der Waals surface area contributed by atoms with Gasteiger partial charge in [-0.15, -0.1) is 0 Å². The molecule has 1 rings (SSSR count). The van der Waals surface area contributed by atoms with Gasteiger partial charge in [-0.1, -0.05) is 48.7 Å². The number of nitrogens with one attached hydrogen (secondary N) is 1. The lowest BCUT2D eigenvalue weighted by molar-refractivity contribution is 0.285. The van der Waals surface area contributed by atoms with Crippen LogP contribution in [0.1, 0.15) is 13.8 Å². The highest BCUT2D eigenvalue weighted by atomic mass is 35.5. The summed E-state index contributed by atoms with van der Waals surface area (Å²) >= 11 is 17.8. The fourth-order valence-corrected chi connectivity index (χ4v) is 2.34. The fourth-order valence-electron chi connectivity index (χ4n) is 1.75. The quantitative estimate of drug-likeness (QED) is 0.544. The van der Waals surface area contributed by atoms with E-state index >= 15 is 0 Å². The van der Waals surface area contributed by atoms with E-state index < -0.39 is 0 Å². The minimum absolute atomic E-state index is 0.432. The van der Waals surface area contributed by atoms with Crippen LogP contribution >= 0.6 is 34.8 Å². The SMILES string of the molecule is CCN(CC)CCNCCOc1cc(Cl)c(Cl)cc1Cl. The average molecular weight is 340 g/mol. The summed E-state index contributed by atoms with van der Waals surface area (Å²) in [5.74, 6) is 0.562. The number of nitrogens with zero attached hydrogens (tertiary/aromatic N) is 1. The van der Waals surface area contributed by atoms with Gasteiger partial charge in [0.2, 0.25) is 0 Å². The van der Waals surface area contributed by atoms with E-state index in [0.29, 0.717) is 27.4 Å². The molecule has 0 bridgehead atoms. The minimum Gasteiger partial charge on any atom is -0.491 e. The number of likely N-dealkylation sites (N-methyl/N-ethyl adjacent to an activating group) is 1. The van der Waals surface area contributed by atoms with Gasteiger partial charge in [-0.05, 0) is 19.2 Å². The Morgan fingerprint density at radius 3 is 2.30 bits per heavy atom. The Balaban J connectivity index is 2.23. The zero-order valence-corrected chi connectivity index (χ0v) is 14.2. The van der Waals surface area contributed by atoms with Gasteiger partial charge < -0.3 is 15.0 Å². The molecular weight excluding hydrogens is 319 g/mol. The van der Waals surface area contributed by atoms with E-state index in [1.54, 1.807) is 12.1 Å². The molecule has 0 unspecified atom stereocenters. The van der Waals surface area contributed by atoms with Crippen molar-refractivity contribution in [3.63, 3.8) is 0 Å². The molecule has 1 aromatic carbocycles. The fraction of sp³-hybridized carbons (Fsp3) is 0.571. The molecule has 1 N–H and O–H groups in total. The number of rotatable bonds is 9. The highest BCUT2D eigenvalue weighted by molar-refractivity contribution is 6.43. The van der Waals surface area contributed by atoms with Crippen molar-refractivity contribution in [2.24, 2.45) is 0 Å². The average Bonchev–Trinajstić information content (AvgIpc) is 2.43. The summed E-state index contributed by atoms with van der Waals surface area (Å²) in [5.41, 5.74) is 0. The van der Waals surface area contributed by atoms with Crippen LogP contribution in [0.3, 0.4) is 0 Å². The smallest absolute Gasteiger partial charge is 0.139 e. The van der Waals surface area contributed by atoms with Crippen molar-refractivity contribution in [3.05, 3.63) is 27.2 Å². The zero-order valence-electron chi connectivity index (χ0n) is 11.9. The summed E-state index contributed by atoms with van der Waals surface area (Å²) in [7, 11) is 0. The van der Waals surface area contributed by atoms with Crippen LogP contribution in [-0.2, 0) is 0 Å². The van der Waals surface area contributed by atoms with Crippen molar-refractivity contribution in [2.75, 3.05) is 39.3 Å². The van der Waals surface area contributed by atoms with E-state index in [1.807, 2.05) is 0 Å². The molecule has 0 aromatic heterocycles. The molecule has 0 aliphatic heterocycles. The topological polar surface area (TPSA) is 24.5 Å². The molecule has 114 valence electrons. The maximum atomic E-state index is 6.03. The minimum atomic E-state index is 0.432. The molecule has 20 heavy (non-hydrogen) atoms. The monoisotopic (exact) mass is 338 g/mol. The molecule has 0 spiro atoms. The molecule has 0 fully saturated rings. The summed E-state index contributed by atoms with van der Waals surface area (Å²) < 4.78 is 5.58. The van der Waals surface area contributed by atoms with E-state index in [-0.39, 0.29) is 0 Å². The molecule has 0 aliphatic rings. The molecule has 0 saturated heterocycles. The van der Waals surface area contributed by atoms with Gasteiger partial charge in [-0.2, -0.15) is 0 Å². The van der Waals surface area contributed by atoms with Crippen LogP contribution in [0.15, 0.2) is 12.1 Å². The Bertz CT molecular complexity index is 412. The first-order chi connectivity index (χ1) is 9.58. The van der Waals surface area contributed by atoms with Crippen molar-refractivity contribution in [1.29, 1.82) is 0 Å². The third-order valence-electron chi connectivity index (χ3n) is 3.01. The molecule has 0 saturated carbocycles. The third-order valence-corrected chi connectivity index (χ3v) is 4.03. The van der Waals surface area contributed by atoms with Crippen molar-refractivity contribution < 1.29 is 4.74 Å². The predicted molar refractivity (Wildman–Crippen MR) is 87.6 cm³/mol. The summed E-state index contributed by atoms with van der Waals surface area (Å²) in [5, 5.41) is 4.68. The molecule has 3 nitrogen and oxygen atoms in total. The second-order valence-corrected chi connectivity index (χ2v) is 5.54. The largest absolute Gasteiger partial charge is 0.491 e. The van der Waals surface area contributed by atoms with Crippen LogP contribution in [0.25, 0.3) is 0 Å². The number of hydrogen-bond donors (Lipinski definition) is 1. The van der Waals surface area contributed by atoms with Crippen LogP contribution in [-0.4, -0.2) is 44.2 Å². The molecule has 0 atom stereocenters. The van der Waals surface area contributed by atoms with Crippen LogP contribution in [0.4, 0.5) is 0 Å². The van der Waals surface area contributed by atoms with Crippen LogP contribution in [0.5, 0.6) is 5.75 Å². The molecule has 0 amide bonds. The Hall–Kier alpha value is -0.190. The Labute approximate surface area is 136 Å². The molecule has 0 heterocycles. The Kier molecular flexibility index (Phi) is 8.66. The van der Waals surface area contributed by atoms with Crippen LogP contribution < -0.4 is 10.1 Å². The van der Waals surface area contributed by atoms with Gasteiger partial charge in [0.05, 0.1) is 15.1 Å². The first kappa shape index (κ1) is 17.9. The first-order valence-corrected chi connectivity index (χ1v) is 7.92. The normalized spacial score (nSPS) is 11.1. The van der Waals surface area contributed by atoms with Gasteiger partial charge in [0.25, 0.3) is 0 Å². The zero-order chi connectivity index (χ0) is 15.0.